The van der Waals surface area contributed by atoms with Gasteiger partial charge in [0.1, 0.15) is 11.3 Å². The number of hydrogen-bond donors (Lipinski definition) is 0. The quantitative estimate of drug-likeness (QED) is 0.483. The summed E-state index contributed by atoms with van der Waals surface area (Å²) in [4.78, 5) is 17.9. The number of carbonyl (C=O) groups is 1. The Kier molecular flexibility index (Phi) is 7.04. The van der Waals surface area contributed by atoms with E-state index >= 15 is 0 Å². The molecule has 2 aromatic carbocycles. The number of thiazole rings is 1. The summed E-state index contributed by atoms with van der Waals surface area (Å²) in [6.07, 6.45) is 1.37. The van der Waals surface area contributed by atoms with Crippen molar-refractivity contribution >= 4 is 37.5 Å². The molecule has 8 nitrogen and oxygen atoms in total. The molecule has 2 heterocycles. The van der Waals surface area contributed by atoms with Crippen molar-refractivity contribution in [1.82, 2.24) is 8.87 Å². The first-order valence-corrected chi connectivity index (χ1v) is 13.1. The van der Waals surface area contributed by atoms with Crippen LogP contribution in [0.4, 0.5) is 0 Å². The molecule has 2 unspecified atom stereocenters. The maximum absolute atomic E-state index is 13.1. The molecule has 0 bridgehead atoms. The van der Waals surface area contributed by atoms with Crippen LogP contribution in [-0.4, -0.2) is 55.6 Å². The fraction of sp³-hybridized carbons (Fsp3) is 0.333. The van der Waals surface area contributed by atoms with Crippen LogP contribution in [0.25, 0.3) is 10.2 Å². The molecular formula is C24H27N3O5S2. The Balaban J connectivity index is 1.66. The van der Waals surface area contributed by atoms with Crippen molar-refractivity contribution in [1.29, 1.82) is 0 Å². The largest absolute Gasteiger partial charge is 0.495 e. The molecule has 1 aromatic heterocycles. The van der Waals surface area contributed by atoms with Gasteiger partial charge in [-0.25, -0.2) is 8.42 Å². The minimum atomic E-state index is -3.68. The van der Waals surface area contributed by atoms with Gasteiger partial charge in [-0.3, -0.25) is 4.79 Å². The highest BCUT2D eigenvalue weighted by Crippen LogP contribution is 2.27. The van der Waals surface area contributed by atoms with Crippen LogP contribution >= 0.6 is 11.3 Å². The number of sulfonamides is 1. The Morgan fingerprint density at radius 1 is 1.21 bits per heavy atom. The molecule has 0 saturated carbocycles. The van der Waals surface area contributed by atoms with Crippen molar-refractivity contribution in [3.63, 3.8) is 0 Å². The Morgan fingerprint density at radius 2 is 1.88 bits per heavy atom. The number of amides is 1. The van der Waals surface area contributed by atoms with Crippen LogP contribution < -0.4 is 9.54 Å². The first-order chi connectivity index (χ1) is 16.2. The summed E-state index contributed by atoms with van der Waals surface area (Å²) >= 11 is 1.38. The molecule has 0 aliphatic carbocycles. The van der Waals surface area contributed by atoms with Crippen LogP contribution in [0.2, 0.25) is 0 Å². The maximum Gasteiger partial charge on any atom is 0.279 e. The summed E-state index contributed by atoms with van der Waals surface area (Å²) in [5.41, 5.74) is 1.15. The molecule has 1 amide bonds. The first kappa shape index (κ1) is 24.3. The number of morpholine rings is 1. The van der Waals surface area contributed by atoms with E-state index in [1.807, 2.05) is 36.6 Å². The number of para-hydroxylation sites is 1. The third-order valence-electron chi connectivity index (χ3n) is 5.52. The number of rotatable bonds is 6. The van der Waals surface area contributed by atoms with Gasteiger partial charge >= 0.3 is 0 Å². The van der Waals surface area contributed by atoms with Gasteiger partial charge in [0, 0.05) is 25.2 Å². The third-order valence-corrected chi connectivity index (χ3v) is 8.41. The molecule has 180 valence electrons. The minimum Gasteiger partial charge on any atom is -0.495 e. The lowest BCUT2D eigenvalue weighted by Gasteiger charge is -2.34. The zero-order valence-corrected chi connectivity index (χ0v) is 20.9. The molecule has 1 aliphatic rings. The van der Waals surface area contributed by atoms with Crippen LogP contribution in [0.3, 0.4) is 0 Å². The van der Waals surface area contributed by atoms with Gasteiger partial charge in [-0.15, -0.1) is 6.58 Å². The van der Waals surface area contributed by atoms with E-state index < -0.39 is 15.9 Å². The lowest BCUT2D eigenvalue weighted by Crippen LogP contribution is -2.48. The molecule has 3 aromatic rings. The van der Waals surface area contributed by atoms with Gasteiger partial charge in [-0.2, -0.15) is 9.30 Å². The van der Waals surface area contributed by atoms with Crippen LogP contribution in [0.15, 0.2) is 65.0 Å². The molecule has 34 heavy (non-hydrogen) atoms. The number of allylic oxidation sites excluding steroid dienone is 1. The molecule has 0 N–H and O–H groups in total. The van der Waals surface area contributed by atoms with E-state index in [9.17, 15) is 13.2 Å². The van der Waals surface area contributed by atoms with Gasteiger partial charge in [0.05, 0.1) is 28.9 Å². The van der Waals surface area contributed by atoms with Crippen LogP contribution in [-0.2, 0) is 21.3 Å². The Hall–Kier alpha value is -2.79. The second kappa shape index (κ2) is 9.83. The monoisotopic (exact) mass is 501 g/mol. The first-order valence-electron chi connectivity index (χ1n) is 10.9. The number of nitrogens with zero attached hydrogens (tertiary/aromatic N) is 3. The third kappa shape index (κ3) is 4.72. The number of hydrogen-bond acceptors (Lipinski definition) is 6. The van der Waals surface area contributed by atoms with Crippen molar-refractivity contribution < 1.29 is 22.7 Å². The van der Waals surface area contributed by atoms with Gasteiger partial charge in [-0.1, -0.05) is 23.5 Å². The van der Waals surface area contributed by atoms with Crippen molar-refractivity contribution in [2.45, 2.75) is 37.5 Å². The SMILES string of the molecule is C=CCn1c(=NC(=O)c2ccc(S(=O)(=O)N3CC(C)OC(C)C3)cc2)sc2cccc(OC)c21. The predicted octanol–water partition coefficient (Wildman–Crippen LogP) is 3.44. The number of carbonyl (C=O) groups excluding carboxylic acids is 1. The molecule has 10 heteroatoms. The van der Waals surface area contributed by atoms with Crippen LogP contribution in [0, 0.1) is 0 Å². The van der Waals surface area contributed by atoms with E-state index in [-0.39, 0.29) is 17.1 Å². The van der Waals surface area contributed by atoms with Crippen molar-refractivity contribution in [2.24, 2.45) is 4.99 Å². The summed E-state index contributed by atoms with van der Waals surface area (Å²) in [6.45, 7) is 8.55. The second-order valence-corrected chi connectivity index (χ2v) is 11.1. The number of methoxy groups -OCH3 is 1. The van der Waals surface area contributed by atoms with Gasteiger partial charge in [-0.05, 0) is 50.2 Å². The van der Waals surface area contributed by atoms with E-state index in [0.717, 1.165) is 10.2 Å². The highest BCUT2D eigenvalue weighted by Gasteiger charge is 2.32. The summed E-state index contributed by atoms with van der Waals surface area (Å²) in [6, 6.07) is 11.6. The van der Waals surface area contributed by atoms with E-state index in [1.165, 1.54) is 39.9 Å². The molecule has 1 saturated heterocycles. The topological polar surface area (TPSA) is 90.2 Å². The lowest BCUT2D eigenvalue weighted by atomic mass is 10.2. The van der Waals surface area contributed by atoms with Gasteiger partial charge in [0.25, 0.3) is 5.91 Å². The van der Waals surface area contributed by atoms with E-state index in [1.54, 1.807) is 13.2 Å². The number of benzene rings is 2. The number of aromatic nitrogens is 1. The fourth-order valence-corrected chi connectivity index (χ4v) is 6.69. The Morgan fingerprint density at radius 3 is 2.50 bits per heavy atom. The van der Waals surface area contributed by atoms with Crippen LogP contribution in [0.5, 0.6) is 5.75 Å². The molecule has 4 rings (SSSR count). The lowest BCUT2D eigenvalue weighted by molar-refractivity contribution is -0.0440. The maximum atomic E-state index is 13.1. The highest BCUT2D eigenvalue weighted by atomic mass is 32.2. The van der Waals surface area contributed by atoms with Crippen molar-refractivity contribution in [3.8, 4) is 5.75 Å². The summed E-state index contributed by atoms with van der Waals surface area (Å²) < 4.78 is 41.5. The van der Waals surface area contributed by atoms with E-state index in [0.29, 0.717) is 35.7 Å². The molecule has 0 spiro atoms. The van der Waals surface area contributed by atoms with Gasteiger partial charge < -0.3 is 14.0 Å². The molecule has 0 radical (unpaired) electrons. The van der Waals surface area contributed by atoms with E-state index in [4.69, 9.17) is 9.47 Å². The summed E-state index contributed by atoms with van der Waals surface area (Å²) in [7, 11) is -2.09. The zero-order valence-electron chi connectivity index (χ0n) is 19.3. The van der Waals surface area contributed by atoms with Crippen LogP contribution in [0.1, 0.15) is 24.2 Å². The van der Waals surface area contributed by atoms with Gasteiger partial charge in [0.15, 0.2) is 4.80 Å². The predicted molar refractivity (Wildman–Crippen MR) is 132 cm³/mol. The number of fused-ring (bicyclic) bond motifs is 1. The minimum absolute atomic E-state index is 0.138. The average Bonchev–Trinajstić information content (AvgIpc) is 3.15. The Bertz CT molecular complexity index is 1380. The molecular weight excluding hydrogens is 474 g/mol. The highest BCUT2D eigenvalue weighted by molar-refractivity contribution is 7.89. The zero-order chi connectivity index (χ0) is 24.5. The smallest absolute Gasteiger partial charge is 0.279 e. The van der Waals surface area contributed by atoms with Crippen molar-refractivity contribution in [2.75, 3.05) is 20.2 Å². The summed E-state index contributed by atoms with van der Waals surface area (Å²) in [5, 5.41) is 0. The molecule has 1 aliphatic heterocycles. The summed E-state index contributed by atoms with van der Waals surface area (Å²) in [5.74, 6) is 0.228. The van der Waals surface area contributed by atoms with Crippen molar-refractivity contribution in [3.05, 3.63) is 65.5 Å². The molecule has 1 fully saturated rings. The van der Waals surface area contributed by atoms with Gasteiger partial charge in [0.2, 0.25) is 10.0 Å². The Labute approximate surface area is 202 Å². The number of ether oxygens (including phenoxy) is 2. The second-order valence-electron chi connectivity index (χ2n) is 8.11. The molecule has 2 atom stereocenters. The fourth-order valence-electron chi connectivity index (χ4n) is 4.04. The van der Waals surface area contributed by atoms with E-state index in [2.05, 4.69) is 11.6 Å². The normalized spacial score (nSPS) is 19.9. The standard InChI is InChI=1S/C24H27N3O5S2/c1-5-13-27-22-20(31-4)7-6-8-21(22)33-24(27)25-23(28)18-9-11-19(12-10-18)34(29,30)26-14-16(2)32-17(3)15-26/h5-12,16-17H,1,13-15H2,2-4H3. The average molecular weight is 502 g/mol.